The SMILES string of the molecule is CC(C)c1cnc(N(C)CC(=O)O)s1. The Kier molecular flexibility index (Phi) is 3.46. The number of aliphatic carboxylic acids is 1. The number of hydrogen-bond acceptors (Lipinski definition) is 4. The van der Waals surface area contributed by atoms with Gasteiger partial charge in [0, 0.05) is 18.1 Å². The van der Waals surface area contributed by atoms with Gasteiger partial charge >= 0.3 is 5.97 Å². The number of hydrogen-bond donors (Lipinski definition) is 1. The van der Waals surface area contributed by atoms with Crippen LogP contribution in [0.2, 0.25) is 0 Å². The van der Waals surface area contributed by atoms with E-state index in [1.165, 1.54) is 4.88 Å². The maximum atomic E-state index is 10.5. The van der Waals surface area contributed by atoms with Crippen LogP contribution in [0.3, 0.4) is 0 Å². The number of carbonyl (C=O) groups is 1. The van der Waals surface area contributed by atoms with E-state index in [0.717, 1.165) is 5.13 Å². The summed E-state index contributed by atoms with van der Waals surface area (Å²) in [6.45, 7) is 4.17. The fourth-order valence-corrected chi connectivity index (χ4v) is 1.87. The van der Waals surface area contributed by atoms with E-state index in [1.807, 2.05) is 6.20 Å². The van der Waals surface area contributed by atoms with Gasteiger partial charge in [0.15, 0.2) is 5.13 Å². The molecule has 0 radical (unpaired) electrons. The van der Waals surface area contributed by atoms with Crippen molar-refractivity contribution < 1.29 is 9.90 Å². The second-order valence-electron chi connectivity index (χ2n) is 3.45. The molecule has 0 spiro atoms. The highest BCUT2D eigenvalue weighted by Crippen LogP contribution is 2.26. The van der Waals surface area contributed by atoms with Gasteiger partial charge in [-0.25, -0.2) is 4.98 Å². The zero-order valence-electron chi connectivity index (χ0n) is 8.52. The van der Waals surface area contributed by atoms with Crippen molar-refractivity contribution in [3.63, 3.8) is 0 Å². The predicted molar refractivity (Wildman–Crippen MR) is 57.1 cm³/mol. The Morgan fingerprint density at radius 2 is 2.36 bits per heavy atom. The monoisotopic (exact) mass is 214 g/mol. The second-order valence-corrected chi connectivity index (χ2v) is 4.49. The highest BCUT2D eigenvalue weighted by atomic mass is 32.1. The average Bonchev–Trinajstić information content (AvgIpc) is 2.50. The number of carboxylic acid groups (broad SMARTS) is 1. The molecule has 1 rings (SSSR count). The zero-order valence-corrected chi connectivity index (χ0v) is 9.34. The van der Waals surface area contributed by atoms with Gasteiger partial charge in [0.25, 0.3) is 0 Å². The third-order valence-corrected chi connectivity index (χ3v) is 3.19. The molecule has 0 atom stereocenters. The Morgan fingerprint density at radius 3 is 2.79 bits per heavy atom. The molecule has 0 unspecified atom stereocenters. The lowest BCUT2D eigenvalue weighted by atomic mass is 10.2. The Morgan fingerprint density at radius 1 is 1.71 bits per heavy atom. The summed E-state index contributed by atoms with van der Waals surface area (Å²) in [7, 11) is 1.73. The van der Waals surface area contributed by atoms with Crippen LogP contribution in [-0.4, -0.2) is 29.7 Å². The van der Waals surface area contributed by atoms with E-state index in [9.17, 15) is 4.79 Å². The van der Waals surface area contributed by atoms with Gasteiger partial charge in [0.2, 0.25) is 0 Å². The molecule has 0 bridgehead atoms. The van der Waals surface area contributed by atoms with Crippen LogP contribution in [0.5, 0.6) is 0 Å². The summed E-state index contributed by atoms with van der Waals surface area (Å²) in [5.41, 5.74) is 0. The third kappa shape index (κ3) is 2.70. The van der Waals surface area contributed by atoms with Crippen molar-refractivity contribution in [2.75, 3.05) is 18.5 Å². The van der Waals surface area contributed by atoms with Crippen molar-refractivity contribution >= 4 is 22.4 Å². The lowest BCUT2D eigenvalue weighted by Crippen LogP contribution is -2.24. The van der Waals surface area contributed by atoms with Crippen LogP contribution in [0.15, 0.2) is 6.20 Å². The molecule has 0 amide bonds. The third-order valence-electron chi connectivity index (χ3n) is 1.78. The minimum absolute atomic E-state index is 0.00888. The van der Waals surface area contributed by atoms with Crippen LogP contribution < -0.4 is 4.90 Å². The van der Waals surface area contributed by atoms with Gasteiger partial charge in [-0.2, -0.15) is 0 Å². The highest BCUT2D eigenvalue weighted by molar-refractivity contribution is 7.15. The van der Waals surface area contributed by atoms with Crippen molar-refractivity contribution in [1.29, 1.82) is 0 Å². The first-order chi connectivity index (χ1) is 6.50. The highest BCUT2D eigenvalue weighted by Gasteiger charge is 2.11. The van der Waals surface area contributed by atoms with Crippen molar-refractivity contribution in [3.05, 3.63) is 11.1 Å². The molecular weight excluding hydrogens is 200 g/mol. The van der Waals surface area contributed by atoms with Crippen LogP contribution >= 0.6 is 11.3 Å². The maximum Gasteiger partial charge on any atom is 0.323 e. The molecule has 5 heteroatoms. The zero-order chi connectivity index (χ0) is 10.7. The minimum Gasteiger partial charge on any atom is -0.480 e. The van der Waals surface area contributed by atoms with Crippen molar-refractivity contribution in [3.8, 4) is 0 Å². The fourth-order valence-electron chi connectivity index (χ4n) is 0.991. The molecule has 1 aromatic heterocycles. The second kappa shape index (κ2) is 4.41. The van der Waals surface area contributed by atoms with Crippen molar-refractivity contribution in [2.45, 2.75) is 19.8 Å². The van der Waals surface area contributed by atoms with E-state index < -0.39 is 5.97 Å². The van der Waals surface area contributed by atoms with Crippen LogP contribution in [0.25, 0.3) is 0 Å². The molecule has 0 aliphatic rings. The van der Waals surface area contributed by atoms with Gasteiger partial charge < -0.3 is 10.0 Å². The van der Waals surface area contributed by atoms with Crippen LogP contribution in [0.1, 0.15) is 24.6 Å². The minimum atomic E-state index is -0.839. The number of carboxylic acids is 1. The van der Waals surface area contributed by atoms with Gasteiger partial charge in [-0.05, 0) is 5.92 Å². The molecule has 0 saturated heterocycles. The standard InChI is InChI=1S/C9H14N2O2S/c1-6(2)7-4-10-9(14-7)11(3)5-8(12)13/h4,6H,5H2,1-3H3,(H,12,13). The summed E-state index contributed by atoms with van der Waals surface area (Å²) >= 11 is 1.54. The average molecular weight is 214 g/mol. The van der Waals surface area contributed by atoms with Crippen LogP contribution in [-0.2, 0) is 4.79 Å². The first-order valence-corrected chi connectivity index (χ1v) is 5.21. The molecule has 0 aliphatic carbocycles. The van der Waals surface area contributed by atoms with Gasteiger partial charge in [0.05, 0.1) is 0 Å². The molecule has 78 valence electrons. The summed E-state index contributed by atoms with van der Waals surface area (Å²) in [4.78, 5) is 17.4. The molecule has 0 fully saturated rings. The lowest BCUT2D eigenvalue weighted by molar-refractivity contribution is -0.135. The van der Waals surface area contributed by atoms with Gasteiger partial charge in [-0.3, -0.25) is 4.79 Å². The maximum absolute atomic E-state index is 10.5. The fraction of sp³-hybridized carbons (Fsp3) is 0.556. The summed E-state index contributed by atoms with van der Waals surface area (Å²) in [5, 5.41) is 9.36. The summed E-state index contributed by atoms with van der Waals surface area (Å²) in [6.07, 6.45) is 1.81. The molecule has 0 saturated carbocycles. The number of aromatic nitrogens is 1. The van der Waals surface area contributed by atoms with Gasteiger partial charge in [0.1, 0.15) is 6.54 Å². The Bertz CT molecular complexity index is 322. The smallest absolute Gasteiger partial charge is 0.323 e. The predicted octanol–water partition coefficient (Wildman–Crippen LogP) is 1.79. The van der Waals surface area contributed by atoms with Gasteiger partial charge in [-0.1, -0.05) is 13.8 Å². The molecule has 1 aromatic rings. The molecule has 0 aliphatic heterocycles. The molecule has 1 heterocycles. The Labute approximate surface area is 87.2 Å². The van der Waals surface area contributed by atoms with Gasteiger partial charge in [-0.15, -0.1) is 11.3 Å². The lowest BCUT2D eigenvalue weighted by Gasteiger charge is -2.11. The molecular formula is C9H14N2O2S. The molecule has 0 aromatic carbocycles. The van der Waals surface area contributed by atoms with E-state index >= 15 is 0 Å². The normalized spacial score (nSPS) is 10.6. The number of anilines is 1. The quantitative estimate of drug-likeness (QED) is 0.830. The number of rotatable bonds is 4. The van der Waals surface area contributed by atoms with Crippen molar-refractivity contribution in [1.82, 2.24) is 4.98 Å². The summed E-state index contributed by atoms with van der Waals surface area (Å²) in [6, 6.07) is 0. The van der Waals surface area contributed by atoms with E-state index in [-0.39, 0.29) is 6.54 Å². The summed E-state index contributed by atoms with van der Waals surface area (Å²) < 4.78 is 0. The van der Waals surface area contributed by atoms with E-state index in [1.54, 1.807) is 23.3 Å². The van der Waals surface area contributed by atoms with Crippen molar-refractivity contribution in [2.24, 2.45) is 0 Å². The first-order valence-electron chi connectivity index (χ1n) is 4.39. The first kappa shape index (κ1) is 11.0. The van der Waals surface area contributed by atoms with E-state index in [2.05, 4.69) is 18.8 Å². The number of likely N-dealkylation sites (N-methyl/N-ethyl adjacent to an activating group) is 1. The molecule has 14 heavy (non-hydrogen) atoms. The number of nitrogens with zero attached hydrogens (tertiary/aromatic N) is 2. The van der Waals surface area contributed by atoms with E-state index in [4.69, 9.17) is 5.11 Å². The number of thiazole rings is 1. The van der Waals surface area contributed by atoms with Crippen LogP contribution in [0, 0.1) is 0 Å². The Hall–Kier alpha value is -1.10. The molecule has 1 N–H and O–H groups in total. The molecule has 4 nitrogen and oxygen atoms in total. The topological polar surface area (TPSA) is 53.4 Å². The van der Waals surface area contributed by atoms with Crippen LogP contribution in [0.4, 0.5) is 5.13 Å². The summed E-state index contributed by atoms with van der Waals surface area (Å²) in [5.74, 6) is -0.395. The largest absolute Gasteiger partial charge is 0.480 e. The Balaban J connectivity index is 2.71. The van der Waals surface area contributed by atoms with E-state index in [0.29, 0.717) is 5.92 Å².